The number of hydrogen-bond donors (Lipinski definition) is 3. The number of carboxylic acids is 1. The predicted octanol–water partition coefficient (Wildman–Crippen LogP) is 7.30. The van der Waals surface area contributed by atoms with Gasteiger partial charge in [0, 0.05) is 16.6 Å². The highest BCUT2D eigenvalue weighted by Crippen LogP contribution is 2.33. The smallest absolute Gasteiger partial charge is 0.320 e. The number of anilines is 2. The molecule has 0 aliphatic rings. The monoisotopic (exact) mass is 606 g/mol. The fourth-order valence-corrected chi connectivity index (χ4v) is 5.04. The summed E-state index contributed by atoms with van der Waals surface area (Å²) in [5.74, 6) is 1.89. The van der Waals surface area contributed by atoms with E-state index in [1.165, 1.54) is 18.5 Å². The van der Waals surface area contributed by atoms with Crippen LogP contribution in [0.25, 0.3) is 22.2 Å². The summed E-state index contributed by atoms with van der Waals surface area (Å²) in [6.45, 7) is 0.490. The molecule has 0 bridgehead atoms. The number of thioether (sulfide) groups is 1. The van der Waals surface area contributed by atoms with E-state index in [0.717, 1.165) is 22.2 Å². The number of nitrogens with one attached hydrogen (secondary N) is 2. The maximum Gasteiger partial charge on any atom is 0.320 e. The third kappa shape index (κ3) is 7.39. The fraction of sp³-hybridized carbons (Fsp3) is 0.194. The van der Waals surface area contributed by atoms with Crippen LogP contribution in [0.2, 0.25) is 5.02 Å². The van der Waals surface area contributed by atoms with Gasteiger partial charge in [0.1, 0.15) is 47.9 Å². The molecule has 0 aliphatic carbocycles. The number of aromatic nitrogens is 2. The zero-order valence-corrected chi connectivity index (χ0v) is 24.2. The van der Waals surface area contributed by atoms with Gasteiger partial charge in [-0.3, -0.25) is 10.1 Å². The van der Waals surface area contributed by atoms with Crippen LogP contribution in [-0.2, 0) is 17.9 Å². The number of benzene rings is 3. The summed E-state index contributed by atoms with van der Waals surface area (Å²) in [5, 5.41) is 17.0. The fourth-order valence-electron chi connectivity index (χ4n) is 4.33. The zero-order chi connectivity index (χ0) is 29.5. The molecule has 42 heavy (non-hydrogen) atoms. The van der Waals surface area contributed by atoms with Crippen molar-refractivity contribution in [2.24, 2.45) is 0 Å². The van der Waals surface area contributed by atoms with Crippen molar-refractivity contribution in [3.63, 3.8) is 0 Å². The van der Waals surface area contributed by atoms with Crippen LogP contribution in [0.15, 0.2) is 83.5 Å². The number of ether oxygens (including phenoxy) is 1. The molecular weight excluding hydrogens is 579 g/mol. The summed E-state index contributed by atoms with van der Waals surface area (Å²) in [6.07, 6.45) is 3.96. The van der Waals surface area contributed by atoms with Crippen molar-refractivity contribution in [1.82, 2.24) is 15.3 Å². The Morgan fingerprint density at radius 2 is 2.00 bits per heavy atom. The lowest BCUT2D eigenvalue weighted by Gasteiger charge is -2.13. The first-order valence-corrected chi connectivity index (χ1v) is 14.9. The van der Waals surface area contributed by atoms with E-state index in [0.29, 0.717) is 52.3 Å². The molecule has 8 nitrogen and oxygen atoms in total. The summed E-state index contributed by atoms with van der Waals surface area (Å²) < 4.78 is 25.3. The van der Waals surface area contributed by atoms with E-state index < -0.39 is 12.0 Å². The SMILES string of the molecule is CSCCC(NCc1ccc(-c2ccc3ncnc(Nc4ccc(OCc5cccc(F)c5)c(Cl)c4)c3c2)o1)C(=O)O. The topological polar surface area (TPSA) is 110 Å². The molecule has 0 amide bonds. The third-order valence-electron chi connectivity index (χ3n) is 6.49. The van der Waals surface area contributed by atoms with Gasteiger partial charge < -0.3 is 19.6 Å². The molecule has 3 aromatic carbocycles. The average molecular weight is 607 g/mol. The van der Waals surface area contributed by atoms with Crippen LogP contribution in [0.5, 0.6) is 5.75 Å². The summed E-state index contributed by atoms with van der Waals surface area (Å²) in [4.78, 5) is 20.3. The highest BCUT2D eigenvalue weighted by atomic mass is 35.5. The normalized spacial score (nSPS) is 11.9. The van der Waals surface area contributed by atoms with E-state index in [4.69, 9.17) is 20.8 Å². The lowest BCUT2D eigenvalue weighted by molar-refractivity contribution is -0.139. The predicted molar refractivity (Wildman–Crippen MR) is 164 cm³/mol. The number of furan rings is 1. The minimum absolute atomic E-state index is 0.187. The molecule has 2 heterocycles. The molecule has 0 fully saturated rings. The lowest BCUT2D eigenvalue weighted by atomic mass is 10.1. The maximum atomic E-state index is 13.5. The number of fused-ring (bicyclic) bond motifs is 1. The van der Waals surface area contributed by atoms with E-state index in [1.807, 2.05) is 42.7 Å². The molecule has 5 rings (SSSR count). The van der Waals surface area contributed by atoms with Crippen LogP contribution in [-0.4, -0.2) is 39.1 Å². The van der Waals surface area contributed by atoms with Gasteiger partial charge in [-0.05, 0) is 84.7 Å². The van der Waals surface area contributed by atoms with Crippen molar-refractivity contribution in [1.29, 1.82) is 0 Å². The van der Waals surface area contributed by atoms with Gasteiger partial charge in [0.15, 0.2) is 0 Å². The summed E-state index contributed by atoms with van der Waals surface area (Å²) >= 11 is 8.09. The molecule has 2 aromatic heterocycles. The van der Waals surface area contributed by atoms with Gasteiger partial charge >= 0.3 is 5.97 Å². The Bertz CT molecular complexity index is 1700. The Balaban J connectivity index is 1.29. The second kappa shape index (κ2) is 13.7. The Hall–Kier alpha value is -4.12. The van der Waals surface area contributed by atoms with Crippen molar-refractivity contribution < 1.29 is 23.4 Å². The molecule has 5 aromatic rings. The Morgan fingerprint density at radius 3 is 2.79 bits per heavy atom. The first-order valence-electron chi connectivity index (χ1n) is 13.1. The van der Waals surface area contributed by atoms with Crippen LogP contribution >= 0.6 is 23.4 Å². The zero-order valence-electron chi connectivity index (χ0n) is 22.6. The molecule has 11 heteroatoms. The number of rotatable bonds is 13. The molecule has 3 N–H and O–H groups in total. The molecule has 1 unspecified atom stereocenters. The van der Waals surface area contributed by atoms with Gasteiger partial charge in [-0.2, -0.15) is 11.8 Å². The number of carbonyl (C=O) groups is 1. The number of halogens is 2. The van der Waals surface area contributed by atoms with Crippen molar-refractivity contribution in [3.05, 3.63) is 101 Å². The quantitative estimate of drug-likeness (QED) is 0.127. The van der Waals surface area contributed by atoms with Gasteiger partial charge in [0.2, 0.25) is 0 Å². The van der Waals surface area contributed by atoms with Gasteiger partial charge in [-0.15, -0.1) is 0 Å². The van der Waals surface area contributed by atoms with Gasteiger partial charge in [-0.25, -0.2) is 14.4 Å². The third-order valence-corrected chi connectivity index (χ3v) is 7.43. The Labute approximate surface area is 251 Å². The van der Waals surface area contributed by atoms with Gasteiger partial charge in [-0.1, -0.05) is 23.7 Å². The number of hydrogen-bond acceptors (Lipinski definition) is 8. The molecular formula is C31H28ClFN4O4S. The Morgan fingerprint density at radius 1 is 1.12 bits per heavy atom. The van der Waals surface area contributed by atoms with Crippen LogP contribution in [0, 0.1) is 5.82 Å². The van der Waals surface area contributed by atoms with Crippen LogP contribution in [0.1, 0.15) is 17.7 Å². The highest BCUT2D eigenvalue weighted by molar-refractivity contribution is 7.98. The number of aliphatic carboxylic acids is 1. The molecule has 0 spiro atoms. The maximum absolute atomic E-state index is 13.5. The summed E-state index contributed by atoms with van der Waals surface area (Å²) in [7, 11) is 0. The largest absolute Gasteiger partial charge is 0.487 e. The van der Waals surface area contributed by atoms with E-state index in [2.05, 4.69) is 20.6 Å². The summed E-state index contributed by atoms with van der Waals surface area (Å²) in [5.41, 5.74) is 2.96. The minimum atomic E-state index is -0.877. The highest BCUT2D eigenvalue weighted by Gasteiger charge is 2.17. The average Bonchev–Trinajstić information content (AvgIpc) is 3.46. The second-order valence-corrected chi connectivity index (χ2v) is 10.9. The molecule has 0 radical (unpaired) electrons. The summed E-state index contributed by atoms with van der Waals surface area (Å²) in [6, 6.07) is 20.3. The van der Waals surface area contributed by atoms with E-state index in [9.17, 15) is 14.3 Å². The van der Waals surface area contributed by atoms with E-state index in [1.54, 1.807) is 36.0 Å². The van der Waals surface area contributed by atoms with Gasteiger partial charge in [0.05, 0.1) is 17.1 Å². The minimum Gasteiger partial charge on any atom is -0.487 e. The van der Waals surface area contributed by atoms with Crippen LogP contribution < -0.4 is 15.4 Å². The first kappa shape index (κ1) is 29.4. The van der Waals surface area contributed by atoms with E-state index in [-0.39, 0.29) is 12.4 Å². The lowest BCUT2D eigenvalue weighted by Crippen LogP contribution is -2.36. The van der Waals surface area contributed by atoms with Crippen molar-refractivity contribution in [2.45, 2.75) is 25.6 Å². The van der Waals surface area contributed by atoms with Crippen molar-refractivity contribution in [2.75, 3.05) is 17.3 Å². The molecule has 0 saturated carbocycles. The first-order chi connectivity index (χ1) is 20.4. The molecule has 216 valence electrons. The second-order valence-electron chi connectivity index (χ2n) is 9.46. The van der Waals surface area contributed by atoms with Crippen LogP contribution in [0.3, 0.4) is 0 Å². The van der Waals surface area contributed by atoms with Crippen molar-refractivity contribution in [3.8, 4) is 17.1 Å². The number of carboxylic acid groups (broad SMARTS) is 1. The number of nitrogens with zero attached hydrogens (tertiary/aromatic N) is 2. The Kier molecular flexibility index (Phi) is 9.58. The molecule has 0 saturated heterocycles. The van der Waals surface area contributed by atoms with Gasteiger partial charge in [0.25, 0.3) is 0 Å². The standard InChI is InChI=1S/C31H28ClFN4O4S/c1-42-12-11-27(31(38)39)34-16-23-7-10-28(41-23)20-5-8-26-24(14-20)30(36-18-35-26)37-22-6-9-29(25(32)15-22)40-17-19-3-2-4-21(33)13-19/h2-10,13-15,18,27,34H,11-12,16-17H2,1H3,(H,38,39)(H,35,36,37). The van der Waals surface area contributed by atoms with E-state index >= 15 is 0 Å². The molecule has 0 aliphatic heterocycles. The van der Waals surface area contributed by atoms with Crippen molar-refractivity contribution >= 4 is 51.7 Å². The van der Waals surface area contributed by atoms with Crippen LogP contribution in [0.4, 0.5) is 15.9 Å². The molecule has 1 atom stereocenters.